The molecule has 5 nitrogen and oxygen atoms in total. The van der Waals surface area contributed by atoms with Crippen LogP contribution in [-0.2, 0) is 9.59 Å². The van der Waals surface area contributed by atoms with E-state index in [4.69, 9.17) is 10.8 Å². The van der Waals surface area contributed by atoms with Gasteiger partial charge in [-0.3, -0.25) is 9.59 Å². The lowest BCUT2D eigenvalue weighted by molar-refractivity contribution is -0.140. The molecular weight excluding hydrogens is 136 g/mol. The van der Waals surface area contributed by atoms with E-state index in [1.165, 1.54) is 0 Å². The smallest absolute Gasteiger partial charge is 0.323 e. The van der Waals surface area contributed by atoms with Gasteiger partial charge in [-0.1, -0.05) is 0 Å². The molecule has 0 fully saturated rings. The summed E-state index contributed by atoms with van der Waals surface area (Å²) in [7, 11) is 0. The summed E-state index contributed by atoms with van der Waals surface area (Å²) in [5, 5.41) is 8.20. The van der Waals surface area contributed by atoms with Crippen molar-refractivity contribution in [3.8, 4) is 0 Å². The van der Waals surface area contributed by atoms with Gasteiger partial charge in [0, 0.05) is 13.1 Å². The number of hydrogen-bond acceptors (Lipinski definition) is 3. The fourth-order valence-electron chi connectivity index (χ4n) is 0.509. The highest BCUT2D eigenvalue weighted by molar-refractivity contribution is 5.71. The van der Waals surface area contributed by atoms with Crippen LogP contribution in [0.3, 0.4) is 0 Å². The van der Waals surface area contributed by atoms with E-state index in [9.17, 15) is 9.59 Å². The second-order valence-electron chi connectivity index (χ2n) is 1.76. The number of carbonyl (C=O) groups is 2. The van der Waals surface area contributed by atoms with Crippen LogP contribution in [0, 0.1) is 0 Å². The minimum atomic E-state index is -1.03. The first kappa shape index (κ1) is 8.90. The van der Waals surface area contributed by atoms with Crippen LogP contribution in [0.4, 0.5) is 0 Å². The number of carboxylic acid groups (broad SMARTS) is 1. The van der Waals surface area contributed by atoms with Crippen LogP contribution < -0.4 is 5.73 Å². The number of carbonyl (C=O) groups excluding carboxylic acids is 1. The van der Waals surface area contributed by atoms with Crippen LogP contribution in [0.25, 0.3) is 0 Å². The predicted molar refractivity (Wildman–Crippen MR) is 34.3 cm³/mol. The SMILES string of the molecule is NCCN(C=O)CC(=O)O. The topological polar surface area (TPSA) is 83.6 Å². The molecule has 0 atom stereocenters. The number of carboxylic acids is 1. The van der Waals surface area contributed by atoms with Crippen molar-refractivity contribution >= 4 is 12.4 Å². The molecule has 1 amide bonds. The van der Waals surface area contributed by atoms with Gasteiger partial charge in [-0.25, -0.2) is 0 Å². The summed E-state index contributed by atoms with van der Waals surface area (Å²) < 4.78 is 0. The first-order valence-electron chi connectivity index (χ1n) is 2.82. The maximum atomic E-state index is 10.0. The van der Waals surface area contributed by atoms with E-state index in [1.54, 1.807) is 0 Å². The lowest BCUT2D eigenvalue weighted by Crippen LogP contribution is -2.32. The van der Waals surface area contributed by atoms with Crippen molar-refractivity contribution in [3.05, 3.63) is 0 Å². The summed E-state index contributed by atoms with van der Waals surface area (Å²) in [5.41, 5.74) is 5.09. The van der Waals surface area contributed by atoms with Gasteiger partial charge in [0.15, 0.2) is 0 Å². The van der Waals surface area contributed by atoms with Crippen LogP contribution in [0.5, 0.6) is 0 Å². The second kappa shape index (κ2) is 4.75. The van der Waals surface area contributed by atoms with Gasteiger partial charge in [-0.05, 0) is 0 Å². The zero-order valence-corrected chi connectivity index (χ0v) is 5.49. The lowest BCUT2D eigenvalue weighted by Gasteiger charge is -2.11. The molecule has 0 rings (SSSR count). The second-order valence-corrected chi connectivity index (χ2v) is 1.76. The number of rotatable bonds is 5. The maximum Gasteiger partial charge on any atom is 0.323 e. The molecule has 0 aromatic rings. The lowest BCUT2D eigenvalue weighted by atomic mass is 10.5. The number of nitrogens with zero attached hydrogens (tertiary/aromatic N) is 1. The Morgan fingerprint density at radius 1 is 1.70 bits per heavy atom. The molecular formula is C5H10N2O3. The minimum absolute atomic E-state index is 0.277. The van der Waals surface area contributed by atoms with Crippen molar-refractivity contribution in [2.24, 2.45) is 5.73 Å². The number of aliphatic carboxylic acids is 1. The Morgan fingerprint density at radius 3 is 2.60 bits per heavy atom. The maximum absolute atomic E-state index is 10.0. The molecule has 0 aliphatic carbocycles. The molecule has 0 spiro atoms. The Bertz CT molecular complexity index is 126. The summed E-state index contributed by atoms with van der Waals surface area (Å²) in [6.45, 7) is 0.294. The van der Waals surface area contributed by atoms with E-state index in [2.05, 4.69) is 0 Å². The molecule has 10 heavy (non-hydrogen) atoms. The van der Waals surface area contributed by atoms with Crippen LogP contribution in [0.1, 0.15) is 0 Å². The molecule has 0 unspecified atom stereocenters. The van der Waals surface area contributed by atoms with Gasteiger partial charge in [-0.15, -0.1) is 0 Å². The van der Waals surface area contributed by atoms with Crippen molar-refractivity contribution in [1.82, 2.24) is 4.90 Å². The van der Waals surface area contributed by atoms with E-state index >= 15 is 0 Å². The Kier molecular flexibility index (Phi) is 4.23. The van der Waals surface area contributed by atoms with Crippen molar-refractivity contribution in [3.63, 3.8) is 0 Å². The minimum Gasteiger partial charge on any atom is -0.480 e. The number of amides is 1. The Morgan fingerprint density at radius 2 is 2.30 bits per heavy atom. The highest BCUT2D eigenvalue weighted by Gasteiger charge is 2.03. The van der Waals surface area contributed by atoms with Gasteiger partial charge in [0.25, 0.3) is 0 Å². The first-order chi connectivity index (χ1) is 4.70. The summed E-state index contributed by atoms with van der Waals surface area (Å²) >= 11 is 0. The van der Waals surface area contributed by atoms with Gasteiger partial charge >= 0.3 is 5.97 Å². The van der Waals surface area contributed by atoms with Crippen LogP contribution >= 0.6 is 0 Å². The van der Waals surface area contributed by atoms with Gasteiger partial charge in [-0.2, -0.15) is 0 Å². The van der Waals surface area contributed by atoms with E-state index < -0.39 is 5.97 Å². The molecule has 0 heterocycles. The third-order valence-corrected chi connectivity index (χ3v) is 0.904. The van der Waals surface area contributed by atoms with E-state index in [1.807, 2.05) is 0 Å². The van der Waals surface area contributed by atoms with Crippen LogP contribution in [0.2, 0.25) is 0 Å². The summed E-state index contributed by atoms with van der Waals surface area (Å²) in [6, 6.07) is 0. The van der Waals surface area contributed by atoms with Crippen LogP contribution in [0.15, 0.2) is 0 Å². The zero-order chi connectivity index (χ0) is 7.98. The van der Waals surface area contributed by atoms with Gasteiger partial charge in [0.1, 0.15) is 6.54 Å². The van der Waals surface area contributed by atoms with Crippen molar-refractivity contribution in [2.75, 3.05) is 19.6 Å². The molecule has 0 aromatic heterocycles. The van der Waals surface area contributed by atoms with Crippen molar-refractivity contribution in [2.45, 2.75) is 0 Å². The molecule has 0 aliphatic rings. The van der Waals surface area contributed by atoms with Crippen LogP contribution in [-0.4, -0.2) is 42.0 Å². The normalized spacial score (nSPS) is 8.90. The fourth-order valence-corrected chi connectivity index (χ4v) is 0.509. The largest absolute Gasteiger partial charge is 0.480 e. The van der Waals surface area contributed by atoms with Gasteiger partial charge in [0.2, 0.25) is 6.41 Å². The van der Waals surface area contributed by atoms with E-state index in [0.29, 0.717) is 6.41 Å². The average Bonchev–Trinajstić information content (AvgIpc) is 1.86. The molecule has 58 valence electrons. The molecule has 0 bridgehead atoms. The van der Waals surface area contributed by atoms with E-state index in [-0.39, 0.29) is 19.6 Å². The number of hydrogen-bond donors (Lipinski definition) is 2. The molecule has 0 saturated heterocycles. The van der Waals surface area contributed by atoms with Gasteiger partial charge in [0.05, 0.1) is 0 Å². The highest BCUT2D eigenvalue weighted by Crippen LogP contribution is 1.79. The molecule has 0 radical (unpaired) electrons. The predicted octanol–water partition coefficient (Wildman–Crippen LogP) is -1.51. The zero-order valence-electron chi connectivity index (χ0n) is 5.49. The highest BCUT2D eigenvalue weighted by atomic mass is 16.4. The molecule has 3 N–H and O–H groups in total. The molecule has 0 aromatic carbocycles. The monoisotopic (exact) mass is 146 g/mol. The summed E-state index contributed by atoms with van der Waals surface area (Å²) in [5.74, 6) is -1.03. The molecule has 0 aliphatic heterocycles. The first-order valence-corrected chi connectivity index (χ1v) is 2.82. The van der Waals surface area contributed by atoms with Gasteiger partial charge < -0.3 is 15.7 Å². The Labute approximate surface area is 58.4 Å². The fraction of sp³-hybridized carbons (Fsp3) is 0.600. The Balaban J connectivity index is 3.59. The van der Waals surface area contributed by atoms with E-state index in [0.717, 1.165) is 4.90 Å². The Hall–Kier alpha value is -1.10. The van der Waals surface area contributed by atoms with Crippen molar-refractivity contribution < 1.29 is 14.7 Å². The summed E-state index contributed by atoms with van der Waals surface area (Å²) in [6.07, 6.45) is 0.473. The van der Waals surface area contributed by atoms with Crippen molar-refractivity contribution in [1.29, 1.82) is 0 Å². The molecule has 0 saturated carbocycles. The average molecular weight is 146 g/mol. The third-order valence-electron chi connectivity index (χ3n) is 0.904. The third kappa shape index (κ3) is 3.85. The molecule has 5 heteroatoms. The standard InChI is InChI=1S/C5H10N2O3/c6-1-2-7(4-8)3-5(9)10/h4H,1-3,6H2,(H,9,10). The quantitative estimate of drug-likeness (QED) is 0.462. The summed E-state index contributed by atoms with van der Waals surface area (Å²) in [4.78, 5) is 21.1. The number of nitrogens with two attached hydrogens (primary N) is 1.